The van der Waals surface area contributed by atoms with Gasteiger partial charge in [-0.05, 0) is 48.6 Å². The van der Waals surface area contributed by atoms with Gasteiger partial charge in [-0.25, -0.2) is 0 Å². The number of nitrogens with two attached hydrogens (primary N) is 1. The van der Waals surface area contributed by atoms with E-state index < -0.39 is 11.7 Å². The van der Waals surface area contributed by atoms with Crippen LogP contribution in [-0.2, 0) is 41.6 Å². The molecule has 3 aromatic rings. The van der Waals surface area contributed by atoms with Gasteiger partial charge in [0, 0.05) is 60.6 Å². The second-order valence-corrected chi connectivity index (χ2v) is 11.0. The Morgan fingerprint density at radius 1 is 1.12 bits per heavy atom. The predicted octanol–water partition coefficient (Wildman–Crippen LogP) is 4.73. The SMILES string of the molecule is CC(=O)c1csc2c1CCN(C(=O)/C(=C/N)c1cnccn1)C2.CCc1cc(CN2CCOCC2)cc(C(F)(F)F)c1. The molecule has 42 heavy (non-hydrogen) atoms. The molecule has 0 unspecified atom stereocenters. The number of nitrogens with zero attached hydrogens (tertiary/aromatic N) is 4. The summed E-state index contributed by atoms with van der Waals surface area (Å²) in [6.45, 7) is 7.90. The van der Waals surface area contributed by atoms with E-state index in [1.54, 1.807) is 18.0 Å². The van der Waals surface area contributed by atoms with E-state index in [2.05, 4.69) is 14.9 Å². The highest BCUT2D eigenvalue weighted by Crippen LogP contribution is 2.32. The topological polar surface area (TPSA) is 102 Å². The zero-order chi connectivity index (χ0) is 30.3. The van der Waals surface area contributed by atoms with E-state index in [0.29, 0.717) is 57.0 Å². The lowest BCUT2D eigenvalue weighted by Crippen LogP contribution is -2.36. The number of thiophene rings is 1. The van der Waals surface area contributed by atoms with Gasteiger partial charge in [0.15, 0.2) is 5.78 Å². The molecule has 1 fully saturated rings. The predicted molar refractivity (Wildman–Crippen MR) is 155 cm³/mol. The van der Waals surface area contributed by atoms with Gasteiger partial charge in [-0.2, -0.15) is 13.2 Å². The molecule has 224 valence electrons. The lowest BCUT2D eigenvalue weighted by molar-refractivity contribution is -0.137. The van der Waals surface area contributed by atoms with E-state index in [0.717, 1.165) is 40.2 Å². The fourth-order valence-corrected chi connectivity index (χ4v) is 6.06. The van der Waals surface area contributed by atoms with Gasteiger partial charge in [-0.3, -0.25) is 24.5 Å². The van der Waals surface area contributed by atoms with Crippen molar-refractivity contribution in [2.24, 2.45) is 5.73 Å². The van der Waals surface area contributed by atoms with Crippen LogP contribution >= 0.6 is 11.3 Å². The third-order valence-electron chi connectivity index (χ3n) is 7.15. The number of ether oxygens (including phenoxy) is 1. The Bertz CT molecular complexity index is 1420. The minimum Gasteiger partial charge on any atom is -0.404 e. The number of benzene rings is 1. The van der Waals surface area contributed by atoms with Crippen molar-refractivity contribution in [2.75, 3.05) is 32.8 Å². The summed E-state index contributed by atoms with van der Waals surface area (Å²) in [7, 11) is 0. The fraction of sp³-hybridized carbons (Fsp3) is 0.400. The Morgan fingerprint density at radius 3 is 2.48 bits per heavy atom. The molecule has 1 aromatic carbocycles. The molecule has 0 bridgehead atoms. The van der Waals surface area contributed by atoms with Crippen LogP contribution in [0.4, 0.5) is 13.2 Å². The molecule has 2 aliphatic rings. The highest BCUT2D eigenvalue weighted by molar-refractivity contribution is 7.10. The van der Waals surface area contributed by atoms with Gasteiger partial charge in [-0.1, -0.05) is 13.0 Å². The first-order valence-electron chi connectivity index (χ1n) is 13.7. The molecule has 0 radical (unpaired) electrons. The number of ketones is 1. The minimum atomic E-state index is -4.27. The molecule has 0 aliphatic carbocycles. The Balaban J connectivity index is 0.000000197. The molecule has 0 spiro atoms. The standard InChI is InChI=1S/C16H16N4O2S.C14H18F3NO/c1-10(21)13-9-23-15-8-20(5-2-11(13)15)16(22)12(6-17)14-7-18-3-4-19-14;1-2-11-7-12(9-13(8-11)14(15,16)17)10-18-3-5-19-6-4-18/h3-4,6-7,9H,2,5,8,17H2,1H3;7-9H,2-6,10H2,1H3/b12-6+;. The van der Waals surface area contributed by atoms with Crippen molar-refractivity contribution in [3.63, 3.8) is 0 Å². The van der Waals surface area contributed by atoms with Crippen LogP contribution in [0.25, 0.3) is 5.57 Å². The summed E-state index contributed by atoms with van der Waals surface area (Å²) >= 11 is 1.52. The second kappa shape index (κ2) is 14.0. The molecule has 5 rings (SSSR count). The van der Waals surface area contributed by atoms with Crippen molar-refractivity contribution in [2.45, 2.75) is 46.0 Å². The first-order chi connectivity index (χ1) is 20.1. The number of morpholine rings is 1. The number of fused-ring (bicyclic) bond motifs is 1. The number of aromatic nitrogens is 2. The number of halogens is 3. The number of carbonyl (C=O) groups is 2. The smallest absolute Gasteiger partial charge is 0.404 e. The van der Waals surface area contributed by atoms with Gasteiger partial charge in [0.25, 0.3) is 5.91 Å². The largest absolute Gasteiger partial charge is 0.416 e. The molecular weight excluding hydrogens is 567 g/mol. The Hall–Kier alpha value is -3.61. The molecule has 0 saturated carbocycles. The Kier molecular flexibility index (Phi) is 10.5. The fourth-order valence-electron chi connectivity index (χ4n) is 4.91. The van der Waals surface area contributed by atoms with Crippen LogP contribution in [0.2, 0.25) is 0 Å². The van der Waals surface area contributed by atoms with Crippen LogP contribution in [0.5, 0.6) is 0 Å². The normalized spacial score (nSPS) is 15.9. The molecule has 12 heteroatoms. The van der Waals surface area contributed by atoms with Gasteiger partial charge in [0.2, 0.25) is 0 Å². The van der Waals surface area contributed by atoms with E-state index >= 15 is 0 Å². The Labute approximate surface area is 247 Å². The zero-order valence-electron chi connectivity index (χ0n) is 23.6. The van der Waals surface area contributed by atoms with E-state index in [-0.39, 0.29) is 11.7 Å². The van der Waals surface area contributed by atoms with Crippen molar-refractivity contribution in [3.8, 4) is 0 Å². The Morgan fingerprint density at radius 2 is 1.86 bits per heavy atom. The second-order valence-electron chi connectivity index (χ2n) is 10.0. The molecule has 1 amide bonds. The van der Waals surface area contributed by atoms with E-state index in [9.17, 15) is 22.8 Å². The van der Waals surface area contributed by atoms with Crippen LogP contribution in [0.1, 0.15) is 57.0 Å². The summed E-state index contributed by atoms with van der Waals surface area (Å²) in [5.74, 6) is -0.0965. The van der Waals surface area contributed by atoms with Crippen LogP contribution in [0, 0.1) is 0 Å². The lowest BCUT2D eigenvalue weighted by atomic mass is 10.0. The molecule has 2 N–H and O–H groups in total. The number of alkyl halides is 3. The van der Waals surface area contributed by atoms with Crippen LogP contribution in [0.3, 0.4) is 0 Å². The van der Waals surface area contributed by atoms with Gasteiger partial charge >= 0.3 is 6.18 Å². The maximum absolute atomic E-state index is 12.8. The van der Waals surface area contributed by atoms with E-state index in [1.807, 2.05) is 18.4 Å². The van der Waals surface area contributed by atoms with Gasteiger partial charge < -0.3 is 15.4 Å². The van der Waals surface area contributed by atoms with Gasteiger partial charge in [-0.15, -0.1) is 11.3 Å². The van der Waals surface area contributed by atoms with Crippen LogP contribution < -0.4 is 5.73 Å². The summed E-state index contributed by atoms with van der Waals surface area (Å²) in [5.41, 5.74) is 9.20. The lowest BCUT2D eigenvalue weighted by Gasteiger charge is -2.28. The van der Waals surface area contributed by atoms with E-state index in [1.165, 1.54) is 42.1 Å². The van der Waals surface area contributed by atoms with Gasteiger partial charge in [0.05, 0.1) is 42.8 Å². The van der Waals surface area contributed by atoms with Crippen LogP contribution in [0.15, 0.2) is 48.4 Å². The number of carbonyl (C=O) groups excluding carboxylic acids is 2. The number of rotatable bonds is 6. The maximum Gasteiger partial charge on any atom is 0.416 e. The third kappa shape index (κ3) is 7.81. The zero-order valence-corrected chi connectivity index (χ0v) is 24.4. The number of hydrogen-bond donors (Lipinski definition) is 1. The summed E-state index contributed by atoms with van der Waals surface area (Å²) < 4.78 is 43.7. The van der Waals surface area contributed by atoms with Crippen molar-refractivity contribution >= 4 is 28.6 Å². The molecule has 4 heterocycles. The summed E-state index contributed by atoms with van der Waals surface area (Å²) in [4.78, 5) is 37.4. The van der Waals surface area contributed by atoms with E-state index in [4.69, 9.17) is 10.5 Å². The third-order valence-corrected chi connectivity index (χ3v) is 8.16. The number of Topliss-reactive ketones (excluding diaryl/α,β-unsaturated/α-hetero) is 1. The first-order valence-corrected chi connectivity index (χ1v) is 14.6. The molecule has 0 atom stereocenters. The summed E-state index contributed by atoms with van der Waals surface area (Å²) in [6.07, 6.45) is 2.88. The van der Waals surface area contributed by atoms with Crippen molar-refractivity contribution in [3.05, 3.63) is 86.8 Å². The molecule has 1 saturated heterocycles. The number of aryl methyl sites for hydroxylation is 1. The van der Waals surface area contributed by atoms with Crippen molar-refractivity contribution in [1.29, 1.82) is 0 Å². The average Bonchev–Trinajstić information content (AvgIpc) is 3.42. The molecule has 8 nitrogen and oxygen atoms in total. The van der Waals surface area contributed by atoms with Crippen molar-refractivity contribution < 1.29 is 27.5 Å². The maximum atomic E-state index is 12.8. The highest BCUT2D eigenvalue weighted by atomic mass is 32.1. The molecule has 2 aliphatic heterocycles. The van der Waals surface area contributed by atoms with Crippen molar-refractivity contribution in [1.82, 2.24) is 19.8 Å². The average molecular weight is 602 g/mol. The summed E-state index contributed by atoms with van der Waals surface area (Å²) in [6, 6.07) is 4.36. The quantitative estimate of drug-likeness (QED) is 0.322. The minimum absolute atomic E-state index is 0.0735. The highest BCUT2D eigenvalue weighted by Gasteiger charge is 2.31. The molecular formula is C30H34F3N5O3S. The molecule has 2 aromatic heterocycles. The monoisotopic (exact) mass is 601 g/mol. The van der Waals surface area contributed by atoms with Gasteiger partial charge in [0.1, 0.15) is 0 Å². The summed E-state index contributed by atoms with van der Waals surface area (Å²) in [5, 5.41) is 1.88. The number of amides is 1. The first kappa shape index (κ1) is 31.3. The van der Waals surface area contributed by atoms with Crippen LogP contribution in [-0.4, -0.2) is 64.3 Å². The number of hydrogen-bond acceptors (Lipinski definition) is 8.